The Balaban J connectivity index is 2.17. The minimum Gasteiger partial charge on any atom is -0.464 e. The van der Waals surface area contributed by atoms with E-state index in [0.717, 1.165) is 4.90 Å². The maximum atomic E-state index is 11.9. The van der Waals surface area contributed by atoms with Crippen LogP contribution in [-0.2, 0) is 14.3 Å². The van der Waals surface area contributed by atoms with Crippen molar-refractivity contribution >= 4 is 23.5 Å². The van der Waals surface area contributed by atoms with Crippen molar-refractivity contribution < 1.29 is 14.3 Å². The summed E-state index contributed by atoms with van der Waals surface area (Å²) in [5.74, 6) is -0.319. The highest BCUT2D eigenvalue weighted by Gasteiger charge is 2.43. The SMILES string of the molecule is CC(=O)C1COC(=O)C(C)(Sc2ccccc2)C1. The van der Waals surface area contributed by atoms with Crippen molar-refractivity contribution in [3.05, 3.63) is 30.3 Å². The van der Waals surface area contributed by atoms with Crippen molar-refractivity contribution in [2.45, 2.75) is 29.9 Å². The monoisotopic (exact) mass is 264 g/mol. The molecular formula is C14H16O3S. The van der Waals surface area contributed by atoms with E-state index in [2.05, 4.69) is 0 Å². The summed E-state index contributed by atoms with van der Waals surface area (Å²) in [7, 11) is 0. The van der Waals surface area contributed by atoms with Crippen LogP contribution < -0.4 is 0 Å². The number of ketones is 1. The van der Waals surface area contributed by atoms with Crippen LogP contribution in [0.1, 0.15) is 20.3 Å². The summed E-state index contributed by atoms with van der Waals surface area (Å²) < 4.78 is 4.49. The highest BCUT2D eigenvalue weighted by Crippen LogP contribution is 2.41. The first-order valence-corrected chi connectivity index (χ1v) is 6.75. The number of hydrogen-bond donors (Lipinski definition) is 0. The summed E-state index contributed by atoms with van der Waals surface area (Å²) in [6.07, 6.45) is 0.542. The standard InChI is InChI=1S/C14H16O3S/c1-10(15)11-8-14(2,13(16)17-9-11)18-12-6-4-3-5-7-12/h3-7,11H,8-9H2,1-2H3. The third-order valence-corrected chi connectivity index (χ3v) is 4.44. The molecule has 0 aliphatic carbocycles. The van der Waals surface area contributed by atoms with E-state index in [-0.39, 0.29) is 24.3 Å². The summed E-state index contributed by atoms with van der Waals surface area (Å²) in [6.45, 7) is 3.62. The van der Waals surface area contributed by atoms with Crippen LogP contribution >= 0.6 is 11.8 Å². The lowest BCUT2D eigenvalue weighted by molar-refractivity contribution is -0.154. The lowest BCUT2D eigenvalue weighted by Gasteiger charge is -2.34. The molecule has 0 spiro atoms. The molecule has 1 heterocycles. The highest BCUT2D eigenvalue weighted by atomic mass is 32.2. The van der Waals surface area contributed by atoms with E-state index in [1.165, 1.54) is 11.8 Å². The number of benzene rings is 1. The lowest BCUT2D eigenvalue weighted by Crippen LogP contribution is -2.44. The molecular weight excluding hydrogens is 248 g/mol. The van der Waals surface area contributed by atoms with Crippen LogP contribution in [0.2, 0.25) is 0 Å². The van der Waals surface area contributed by atoms with Gasteiger partial charge in [-0.2, -0.15) is 0 Å². The molecule has 0 radical (unpaired) electrons. The van der Waals surface area contributed by atoms with Crippen LogP contribution in [0.25, 0.3) is 0 Å². The topological polar surface area (TPSA) is 43.4 Å². The average Bonchev–Trinajstić information content (AvgIpc) is 2.34. The van der Waals surface area contributed by atoms with Gasteiger partial charge in [-0.05, 0) is 32.4 Å². The second-order valence-electron chi connectivity index (χ2n) is 4.76. The Morgan fingerprint density at radius 2 is 2.06 bits per heavy atom. The van der Waals surface area contributed by atoms with Gasteiger partial charge in [-0.3, -0.25) is 9.59 Å². The Bertz CT molecular complexity index is 457. The number of carbonyl (C=O) groups excluding carboxylic acids is 2. The van der Waals surface area contributed by atoms with Gasteiger partial charge in [0, 0.05) is 4.90 Å². The second-order valence-corrected chi connectivity index (χ2v) is 6.33. The number of thioether (sulfide) groups is 1. The van der Waals surface area contributed by atoms with Gasteiger partial charge < -0.3 is 4.74 Å². The zero-order valence-electron chi connectivity index (χ0n) is 10.5. The molecule has 18 heavy (non-hydrogen) atoms. The van der Waals surface area contributed by atoms with Crippen molar-refractivity contribution in [3.8, 4) is 0 Å². The van der Waals surface area contributed by atoms with Crippen LogP contribution in [0, 0.1) is 5.92 Å². The number of carbonyl (C=O) groups is 2. The molecule has 96 valence electrons. The molecule has 1 aromatic carbocycles. The van der Waals surface area contributed by atoms with Gasteiger partial charge in [0.05, 0.1) is 5.92 Å². The number of hydrogen-bond acceptors (Lipinski definition) is 4. The molecule has 2 unspecified atom stereocenters. The third-order valence-electron chi connectivity index (χ3n) is 3.14. The first kappa shape index (κ1) is 13.1. The molecule has 2 atom stereocenters. The highest BCUT2D eigenvalue weighted by molar-refractivity contribution is 8.01. The zero-order valence-corrected chi connectivity index (χ0v) is 11.3. The molecule has 4 heteroatoms. The normalized spacial score (nSPS) is 27.7. The molecule has 1 aliphatic rings. The van der Waals surface area contributed by atoms with Crippen molar-refractivity contribution in [1.82, 2.24) is 0 Å². The molecule has 1 aromatic rings. The summed E-state index contributed by atoms with van der Waals surface area (Å²) in [5.41, 5.74) is 0. The van der Waals surface area contributed by atoms with Gasteiger partial charge >= 0.3 is 5.97 Å². The van der Waals surface area contributed by atoms with Gasteiger partial charge in [0.25, 0.3) is 0 Å². The lowest BCUT2D eigenvalue weighted by atomic mass is 9.90. The van der Waals surface area contributed by atoms with Gasteiger partial charge in [0.1, 0.15) is 17.1 Å². The van der Waals surface area contributed by atoms with Crippen LogP contribution in [0.5, 0.6) is 0 Å². The molecule has 2 rings (SSSR count). The maximum Gasteiger partial charge on any atom is 0.322 e. The van der Waals surface area contributed by atoms with E-state index < -0.39 is 4.75 Å². The predicted molar refractivity (Wildman–Crippen MR) is 70.5 cm³/mol. The van der Waals surface area contributed by atoms with Gasteiger partial charge in [-0.1, -0.05) is 18.2 Å². The number of Topliss-reactive ketones (excluding diaryl/α,β-unsaturated/α-hetero) is 1. The molecule has 0 N–H and O–H groups in total. The average molecular weight is 264 g/mol. The minimum absolute atomic E-state index is 0.0855. The van der Waals surface area contributed by atoms with Crippen molar-refractivity contribution in [3.63, 3.8) is 0 Å². The molecule has 0 bridgehead atoms. The zero-order chi connectivity index (χ0) is 13.2. The fourth-order valence-electron chi connectivity index (χ4n) is 2.03. The predicted octanol–water partition coefficient (Wildman–Crippen LogP) is 2.69. The second kappa shape index (κ2) is 5.14. The largest absolute Gasteiger partial charge is 0.464 e. The van der Waals surface area contributed by atoms with Crippen molar-refractivity contribution in [1.29, 1.82) is 0 Å². The van der Waals surface area contributed by atoms with Crippen LogP contribution in [0.15, 0.2) is 35.2 Å². The van der Waals surface area contributed by atoms with Gasteiger partial charge in [-0.15, -0.1) is 11.8 Å². The Labute approximate surface area is 111 Å². The summed E-state index contributed by atoms with van der Waals surface area (Å²) in [6, 6.07) is 9.72. The fourth-order valence-corrected chi connectivity index (χ4v) is 3.27. The van der Waals surface area contributed by atoms with E-state index in [1.54, 1.807) is 6.92 Å². The number of rotatable bonds is 3. The quantitative estimate of drug-likeness (QED) is 0.787. The van der Waals surface area contributed by atoms with E-state index in [4.69, 9.17) is 4.74 Å². The Hall–Kier alpha value is -1.29. The van der Waals surface area contributed by atoms with Gasteiger partial charge in [0.15, 0.2) is 0 Å². The first-order chi connectivity index (χ1) is 8.51. The smallest absolute Gasteiger partial charge is 0.322 e. The molecule has 1 saturated heterocycles. The number of cyclic esters (lactones) is 1. The fraction of sp³-hybridized carbons (Fsp3) is 0.429. The number of ether oxygens (including phenoxy) is 1. The van der Waals surface area contributed by atoms with Crippen LogP contribution in [0.4, 0.5) is 0 Å². The van der Waals surface area contributed by atoms with Crippen LogP contribution in [-0.4, -0.2) is 23.1 Å². The van der Waals surface area contributed by atoms with Gasteiger partial charge in [-0.25, -0.2) is 0 Å². The van der Waals surface area contributed by atoms with E-state index in [9.17, 15) is 9.59 Å². The van der Waals surface area contributed by atoms with Crippen molar-refractivity contribution in [2.75, 3.05) is 6.61 Å². The first-order valence-electron chi connectivity index (χ1n) is 5.93. The molecule has 0 amide bonds. The Morgan fingerprint density at radius 1 is 1.39 bits per heavy atom. The molecule has 0 aromatic heterocycles. The Kier molecular flexibility index (Phi) is 3.76. The molecule has 1 aliphatic heterocycles. The van der Waals surface area contributed by atoms with Gasteiger partial charge in [0.2, 0.25) is 0 Å². The Morgan fingerprint density at radius 3 is 2.67 bits per heavy atom. The minimum atomic E-state index is -0.671. The molecule has 0 saturated carbocycles. The summed E-state index contributed by atoms with van der Waals surface area (Å²) in [4.78, 5) is 24.4. The number of esters is 1. The van der Waals surface area contributed by atoms with E-state index in [1.807, 2.05) is 37.3 Å². The van der Waals surface area contributed by atoms with E-state index >= 15 is 0 Å². The third kappa shape index (κ3) is 2.75. The maximum absolute atomic E-state index is 11.9. The van der Waals surface area contributed by atoms with Crippen molar-refractivity contribution in [2.24, 2.45) is 5.92 Å². The van der Waals surface area contributed by atoms with Crippen LogP contribution in [0.3, 0.4) is 0 Å². The summed E-state index contributed by atoms with van der Waals surface area (Å²) >= 11 is 1.47. The summed E-state index contributed by atoms with van der Waals surface area (Å²) in [5, 5.41) is 0. The molecule has 1 fully saturated rings. The van der Waals surface area contributed by atoms with E-state index in [0.29, 0.717) is 6.42 Å². The molecule has 3 nitrogen and oxygen atoms in total.